The second kappa shape index (κ2) is 12.2. The molecule has 2 aromatic carbocycles. The van der Waals surface area contributed by atoms with Crippen LogP contribution in [0.1, 0.15) is 32.6 Å². The molecule has 0 heterocycles. The lowest BCUT2D eigenvalue weighted by Gasteiger charge is -2.29. The van der Waals surface area contributed by atoms with Gasteiger partial charge in [-0.2, -0.15) is 0 Å². The van der Waals surface area contributed by atoms with Gasteiger partial charge in [-0.25, -0.2) is 18.9 Å². The summed E-state index contributed by atoms with van der Waals surface area (Å²) in [7, 11) is 0. The Labute approximate surface area is 188 Å². The highest BCUT2D eigenvalue weighted by molar-refractivity contribution is 5.95. The fourth-order valence-electron chi connectivity index (χ4n) is 3.88. The highest BCUT2D eigenvalue weighted by atomic mass is 19.1. The monoisotopic (exact) mass is 443 g/mol. The zero-order valence-corrected chi connectivity index (χ0v) is 18.4. The minimum atomic E-state index is -0.526. The maximum Gasteiger partial charge on any atom is 0.418 e. The number of hydrogen-bond acceptors (Lipinski definition) is 5. The van der Waals surface area contributed by atoms with Gasteiger partial charge in [0, 0.05) is 0 Å². The van der Waals surface area contributed by atoms with Gasteiger partial charge in [-0.3, -0.25) is 0 Å². The average Bonchev–Trinajstić information content (AvgIpc) is 2.80. The van der Waals surface area contributed by atoms with Crippen molar-refractivity contribution in [2.45, 2.75) is 32.6 Å². The van der Waals surface area contributed by atoms with Gasteiger partial charge in [0.2, 0.25) is 0 Å². The lowest BCUT2D eigenvalue weighted by atomic mass is 9.83. The summed E-state index contributed by atoms with van der Waals surface area (Å²) in [6.07, 6.45) is 3.23. The summed E-state index contributed by atoms with van der Waals surface area (Å²) in [6, 6.07) is 15.0. The second-order valence-corrected chi connectivity index (χ2v) is 7.93. The summed E-state index contributed by atoms with van der Waals surface area (Å²) in [4.78, 5) is 25.7. The molecule has 2 aromatic rings. The maximum absolute atomic E-state index is 13.8. The van der Waals surface area contributed by atoms with Crippen LogP contribution in [-0.2, 0) is 19.0 Å². The Bertz CT molecular complexity index is 868. The quantitative estimate of drug-likeness (QED) is 0.480. The molecule has 7 heteroatoms. The smallest absolute Gasteiger partial charge is 0.418 e. The topological polar surface area (TPSA) is 65.1 Å². The SMILES string of the molecule is CCOC(=O)COCC1CCC(COC(=O)N(c2ccccc2)c2cccc(F)c2)CC1. The minimum absolute atomic E-state index is 0.0131. The van der Waals surface area contributed by atoms with Crippen molar-refractivity contribution in [3.63, 3.8) is 0 Å². The number of esters is 1. The number of para-hydroxylation sites is 1. The third-order valence-electron chi connectivity index (χ3n) is 5.55. The lowest BCUT2D eigenvalue weighted by Crippen LogP contribution is -2.30. The van der Waals surface area contributed by atoms with Crippen LogP contribution >= 0.6 is 0 Å². The molecule has 172 valence electrons. The highest BCUT2D eigenvalue weighted by Gasteiger charge is 2.25. The second-order valence-electron chi connectivity index (χ2n) is 7.93. The van der Waals surface area contributed by atoms with Crippen molar-refractivity contribution in [1.29, 1.82) is 0 Å². The Morgan fingerprint density at radius 2 is 1.56 bits per heavy atom. The van der Waals surface area contributed by atoms with E-state index in [1.54, 1.807) is 31.2 Å². The van der Waals surface area contributed by atoms with Crippen molar-refractivity contribution in [3.8, 4) is 0 Å². The fourth-order valence-corrected chi connectivity index (χ4v) is 3.88. The van der Waals surface area contributed by atoms with E-state index in [0.29, 0.717) is 37.1 Å². The van der Waals surface area contributed by atoms with Crippen molar-refractivity contribution in [3.05, 3.63) is 60.4 Å². The molecule has 1 aliphatic rings. The van der Waals surface area contributed by atoms with Crippen molar-refractivity contribution in [1.82, 2.24) is 0 Å². The largest absolute Gasteiger partial charge is 0.464 e. The number of nitrogens with zero attached hydrogens (tertiary/aromatic N) is 1. The number of halogens is 1. The number of carbonyl (C=O) groups excluding carboxylic acids is 2. The van der Waals surface area contributed by atoms with Crippen molar-refractivity contribution < 1.29 is 28.2 Å². The molecular weight excluding hydrogens is 413 g/mol. The van der Waals surface area contributed by atoms with Gasteiger partial charge in [0.15, 0.2) is 0 Å². The van der Waals surface area contributed by atoms with Crippen molar-refractivity contribution in [2.24, 2.45) is 11.8 Å². The number of benzene rings is 2. The molecule has 1 aliphatic carbocycles. The first-order valence-electron chi connectivity index (χ1n) is 11.1. The van der Waals surface area contributed by atoms with Gasteiger partial charge >= 0.3 is 12.1 Å². The third-order valence-corrected chi connectivity index (χ3v) is 5.55. The number of amides is 1. The summed E-state index contributed by atoms with van der Waals surface area (Å²) in [5, 5.41) is 0. The van der Waals surface area contributed by atoms with Crippen molar-refractivity contribution in [2.75, 3.05) is 31.3 Å². The van der Waals surface area contributed by atoms with Crippen LogP contribution in [-0.4, -0.2) is 38.5 Å². The molecule has 0 aliphatic heterocycles. The van der Waals surface area contributed by atoms with Crippen LogP contribution in [0.5, 0.6) is 0 Å². The fraction of sp³-hybridized carbons (Fsp3) is 0.440. The number of hydrogen-bond donors (Lipinski definition) is 0. The van der Waals surface area contributed by atoms with Gasteiger partial charge < -0.3 is 14.2 Å². The number of carbonyl (C=O) groups is 2. The Balaban J connectivity index is 1.49. The van der Waals surface area contributed by atoms with Crippen LogP contribution in [0.15, 0.2) is 54.6 Å². The molecule has 32 heavy (non-hydrogen) atoms. The standard InChI is InChI=1S/C25H30FNO5/c1-2-31-24(28)18-30-16-19-11-13-20(14-12-19)17-32-25(29)27(22-8-4-3-5-9-22)23-10-6-7-21(26)15-23/h3-10,15,19-20H,2,11-14,16-18H2,1H3. The van der Waals surface area contributed by atoms with Crippen molar-refractivity contribution >= 4 is 23.4 Å². The van der Waals surface area contributed by atoms with Crippen LogP contribution in [0.25, 0.3) is 0 Å². The average molecular weight is 444 g/mol. The summed E-state index contributed by atoms with van der Waals surface area (Å²) in [6.45, 7) is 2.96. The first-order chi connectivity index (χ1) is 15.6. The first-order valence-corrected chi connectivity index (χ1v) is 11.1. The number of anilines is 2. The van der Waals surface area contributed by atoms with E-state index < -0.39 is 11.9 Å². The first kappa shape index (κ1) is 23.7. The van der Waals surface area contributed by atoms with Crippen LogP contribution < -0.4 is 4.90 Å². The third kappa shape index (κ3) is 7.05. The van der Waals surface area contributed by atoms with E-state index in [0.717, 1.165) is 25.7 Å². The lowest BCUT2D eigenvalue weighted by molar-refractivity contribution is -0.149. The molecular formula is C25H30FNO5. The van der Waals surface area contributed by atoms with E-state index >= 15 is 0 Å². The molecule has 0 radical (unpaired) electrons. The van der Waals surface area contributed by atoms with Gasteiger partial charge in [-0.15, -0.1) is 0 Å². The molecule has 0 bridgehead atoms. The Morgan fingerprint density at radius 3 is 2.22 bits per heavy atom. The molecule has 1 saturated carbocycles. The predicted octanol–water partition coefficient (Wildman–Crippen LogP) is 5.49. The van der Waals surface area contributed by atoms with Crippen LogP contribution in [0.3, 0.4) is 0 Å². The van der Waals surface area contributed by atoms with Crippen LogP contribution in [0.2, 0.25) is 0 Å². The maximum atomic E-state index is 13.8. The van der Waals surface area contributed by atoms with Gasteiger partial charge in [0.25, 0.3) is 0 Å². The van der Waals surface area contributed by atoms with E-state index in [1.165, 1.54) is 17.0 Å². The molecule has 6 nitrogen and oxygen atoms in total. The van der Waals surface area contributed by atoms with Crippen LogP contribution in [0, 0.1) is 17.7 Å². The van der Waals surface area contributed by atoms with E-state index in [-0.39, 0.29) is 18.5 Å². The molecule has 0 aromatic heterocycles. The zero-order chi connectivity index (χ0) is 22.8. The Hall–Kier alpha value is -2.93. The molecule has 1 fully saturated rings. The number of rotatable bonds is 9. The summed E-state index contributed by atoms with van der Waals surface area (Å²) < 4.78 is 29.7. The Kier molecular flexibility index (Phi) is 9.04. The van der Waals surface area contributed by atoms with Crippen LogP contribution in [0.4, 0.5) is 20.6 Å². The molecule has 0 saturated heterocycles. The van der Waals surface area contributed by atoms with Gasteiger partial charge in [-0.1, -0.05) is 24.3 Å². The Morgan fingerprint density at radius 1 is 0.906 bits per heavy atom. The van der Waals surface area contributed by atoms with E-state index in [2.05, 4.69) is 0 Å². The minimum Gasteiger partial charge on any atom is -0.464 e. The zero-order valence-electron chi connectivity index (χ0n) is 18.4. The van der Waals surface area contributed by atoms with Gasteiger partial charge in [-0.05, 0) is 74.8 Å². The highest BCUT2D eigenvalue weighted by Crippen LogP contribution is 2.31. The van der Waals surface area contributed by atoms with Gasteiger partial charge in [0.05, 0.1) is 31.2 Å². The van der Waals surface area contributed by atoms with E-state index in [4.69, 9.17) is 14.2 Å². The normalized spacial score (nSPS) is 18.1. The molecule has 0 atom stereocenters. The molecule has 0 unspecified atom stereocenters. The predicted molar refractivity (Wildman–Crippen MR) is 119 cm³/mol. The van der Waals surface area contributed by atoms with E-state index in [9.17, 15) is 14.0 Å². The summed E-state index contributed by atoms with van der Waals surface area (Å²) >= 11 is 0. The molecule has 1 amide bonds. The summed E-state index contributed by atoms with van der Waals surface area (Å²) in [5.41, 5.74) is 1.04. The van der Waals surface area contributed by atoms with E-state index in [1.807, 2.05) is 18.2 Å². The number of ether oxygens (including phenoxy) is 3. The molecule has 0 N–H and O–H groups in total. The summed E-state index contributed by atoms with van der Waals surface area (Å²) in [5.74, 6) is -0.0935. The molecule has 0 spiro atoms. The van der Waals surface area contributed by atoms with Gasteiger partial charge in [0.1, 0.15) is 12.4 Å². The molecule has 3 rings (SSSR count).